The number of halogens is 5. The number of unbranched alkanes of at least 4 members (excludes halogenated alkanes) is 6. The topological polar surface area (TPSA) is 29.1 Å². The van der Waals surface area contributed by atoms with E-state index in [-0.39, 0.29) is 18.9 Å². The second kappa shape index (κ2) is 10.8. The summed E-state index contributed by atoms with van der Waals surface area (Å²) in [6.45, 7) is 3.59. The molecule has 1 radical (unpaired) electrons. The number of hydrogen-bond acceptors (Lipinski definition) is 1. The van der Waals surface area contributed by atoms with Crippen LogP contribution in [0.25, 0.3) is 0 Å². The van der Waals surface area contributed by atoms with Gasteiger partial charge in [-0.1, -0.05) is 45.4 Å². The van der Waals surface area contributed by atoms with Crippen molar-refractivity contribution in [1.29, 1.82) is 0 Å². The van der Waals surface area contributed by atoms with Crippen molar-refractivity contribution in [3.63, 3.8) is 0 Å². The van der Waals surface area contributed by atoms with Gasteiger partial charge >= 0.3 is 12.1 Å². The molecule has 0 aromatic heterocycles. The lowest BCUT2D eigenvalue weighted by Crippen LogP contribution is -2.37. The van der Waals surface area contributed by atoms with E-state index in [9.17, 15) is 26.7 Å². The van der Waals surface area contributed by atoms with Crippen molar-refractivity contribution in [2.75, 3.05) is 6.54 Å². The van der Waals surface area contributed by atoms with Crippen molar-refractivity contribution in [2.45, 2.75) is 76.3 Å². The third-order valence-corrected chi connectivity index (χ3v) is 3.31. The van der Waals surface area contributed by atoms with Crippen molar-refractivity contribution < 1.29 is 26.7 Å². The van der Waals surface area contributed by atoms with Gasteiger partial charge in [0.15, 0.2) is 0 Å². The summed E-state index contributed by atoms with van der Waals surface area (Å²) >= 11 is 0. The number of carbonyl (C=O) groups excluding carboxylic acids is 1. The summed E-state index contributed by atoms with van der Waals surface area (Å²) in [4.78, 5) is 11.4. The minimum Gasteiger partial charge on any atom is -0.356 e. The van der Waals surface area contributed by atoms with Crippen LogP contribution in [0.5, 0.6) is 0 Å². The molecule has 0 atom stereocenters. The van der Waals surface area contributed by atoms with Crippen molar-refractivity contribution in [3.8, 4) is 0 Å². The van der Waals surface area contributed by atoms with E-state index in [1.54, 1.807) is 0 Å². The van der Waals surface area contributed by atoms with E-state index in [0.717, 1.165) is 38.5 Å². The smallest absolute Gasteiger partial charge is 0.356 e. The molecule has 0 fully saturated rings. The number of hydrogen-bond donors (Lipinski definition) is 1. The van der Waals surface area contributed by atoms with Crippen LogP contribution in [0.15, 0.2) is 0 Å². The lowest BCUT2D eigenvalue weighted by molar-refractivity contribution is -0.284. The van der Waals surface area contributed by atoms with Crippen LogP contribution >= 0.6 is 0 Å². The van der Waals surface area contributed by atoms with E-state index in [2.05, 4.69) is 12.2 Å². The first-order valence-electron chi connectivity index (χ1n) is 7.71. The van der Waals surface area contributed by atoms with E-state index < -0.39 is 24.9 Å². The Balaban J connectivity index is 3.55. The summed E-state index contributed by atoms with van der Waals surface area (Å²) in [7, 11) is 0. The summed E-state index contributed by atoms with van der Waals surface area (Å²) in [6.07, 6.45) is -0.0372. The summed E-state index contributed by atoms with van der Waals surface area (Å²) in [5.41, 5.74) is 0. The van der Waals surface area contributed by atoms with E-state index in [4.69, 9.17) is 0 Å². The molecule has 0 aliphatic carbocycles. The van der Waals surface area contributed by atoms with Crippen molar-refractivity contribution in [1.82, 2.24) is 5.32 Å². The standard InChI is InChI=1S/C15H25F5NO/c1-2-3-4-5-6-7-8-10-13(22)21-12-9-11-14(16,17)15(18,19)20/h1-12H2,(H,21,22). The van der Waals surface area contributed by atoms with Gasteiger partial charge in [-0.15, -0.1) is 0 Å². The highest BCUT2D eigenvalue weighted by molar-refractivity contribution is 5.75. The number of amides is 1. The predicted octanol–water partition coefficient (Wildman–Crippen LogP) is 5.04. The van der Waals surface area contributed by atoms with E-state index >= 15 is 0 Å². The molecule has 0 rings (SSSR count). The number of carbonyl (C=O) groups is 1. The Hall–Kier alpha value is -0.880. The maximum absolute atomic E-state index is 12.6. The molecule has 1 N–H and O–H groups in total. The molecule has 22 heavy (non-hydrogen) atoms. The van der Waals surface area contributed by atoms with Gasteiger partial charge in [-0.25, -0.2) is 0 Å². The molecule has 1 amide bonds. The lowest BCUT2D eigenvalue weighted by atomic mass is 10.1. The Labute approximate surface area is 128 Å². The molecular weight excluding hydrogens is 305 g/mol. The van der Waals surface area contributed by atoms with Crippen LogP contribution in [-0.4, -0.2) is 24.6 Å². The van der Waals surface area contributed by atoms with Gasteiger partial charge in [0.2, 0.25) is 5.91 Å². The zero-order chi connectivity index (χ0) is 17.1. The molecule has 0 bridgehead atoms. The normalized spacial score (nSPS) is 12.5. The third kappa shape index (κ3) is 9.95. The highest BCUT2D eigenvalue weighted by Crippen LogP contribution is 2.38. The Morgan fingerprint density at radius 1 is 0.864 bits per heavy atom. The van der Waals surface area contributed by atoms with Crippen molar-refractivity contribution in [3.05, 3.63) is 6.92 Å². The third-order valence-electron chi connectivity index (χ3n) is 3.31. The second-order valence-corrected chi connectivity index (χ2v) is 5.38. The first kappa shape index (κ1) is 21.1. The molecule has 0 aliphatic rings. The van der Waals surface area contributed by atoms with Gasteiger partial charge in [0.05, 0.1) is 0 Å². The van der Waals surface area contributed by atoms with Crippen LogP contribution in [-0.2, 0) is 4.79 Å². The lowest BCUT2D eigenvalue weighted by Gasteiger charge is -2.19. The molecule has 0 spiro atoms. The minimum absolute atomic E-state index is 0.159. The number of nitrogens with one attached hydrogen (secondary N) is 1. The summed E-state index contributed by atoms with van der Waals surface area (Å²) in [6, 6.07) is 0. The quantitative estimate of drug-likeness (QED) is 0.394. The van der Waals surface area contributed by atoms with Gasteiger partial charge in [-0.05, 0) is 12.8 Å². The van der Waals surface area contributed by atoms with E-state index in [0.29, 0.717) is 6.42 Å². The van der Waals surface area contributed by atoms with Gasteiger partial charge in [0.25, 0.3) is 0 Å². The van der Waals surface area contributed by atoms with Crippen LogP contribution in [0, 0.1) is 6.92 Å². The van der Waals surface area contributed by atoms with E-state index in [1.165, 1.54) is 0 Å². The largest absolute Gasteiger partial charge is 0.453 e. The highest BCUT2D eigenvalue weighted by Gasteiger charge is 2.56. The average molecular weight is 330 g/mol. The fourth-order valence-electron chi connectivity index (χ4n) is 1.94. The summed E-state index contributed by atoms with van der Waals surface area (Å²) in [5.74, 6) is -4.99. The van der Waals surface area contributed by atoms with Gasteiger partial charge in [-0.2, -0.15) is 22.0 Å². The molecule has 2 nitrogen and oxygen atoms in total. The monoisotopic (exact) mass is 330 g/mol. The molecule has 7 heteroatoms. The fraction of sp³-hybridized carbons (Fsp3) is 0.867. The number of alkyl halides is 5. The zero-order valence-electron chi connectivity index (χ0n) is 12.8. The fourth-order valence-corrected chi connectivity index (χ4v) is 1.94. The average Bonchev–Trinajstić information content (AvgIpc) is 2.41. The van der Waals surface area contributed by atoms with Crippen LogP contribution in [0.2, 0.25) is 0 Å². The van der Waals surface area contributed by atoms with Gasteiger partial charge in [-0.3, -0.25) is 4.79 Å². The Kier molecular flexibility index (Phi) is 10.3. The maximum Gasteiger partial charge on any atom is 0.453 e. The van der Waals surface area contributed by atoms with Crippen molar-refractivity contribution in [2.24, 2.45) is 0 Å². The first-order chi connectivity index (χ1) is 10.2. The second-order valence-electron chi connectivity index (χ2n) is 5.38. The molecule has 0 heterocycles. The van der Waals surface area contributed by atoms with Gasteiger partial charge < -0.3 is 5.32 Å². The van der Waals surface area contributed by atoms with Crippen molar-refractivity contribution >= 4 is 5.91 Å². The van der Waals surface area contributed by atoms with Crippen LogP contribution in [0.3, 0.4) is 0 Å². The molecule has 0 aromatic carbocycles. The molecule has 131 valence electrons. The van der Waals surface area contributed by atoms with Gasteiger partial charge in [0.1, 0.15) is 0 Å². The number of rotatable bonds is 12. The zero-order valence-corrected chi connectivity index (χ0v) is 12.8. The summed E-state index contributed by atoms with van der Waals surface area (Å²) < 4.78 is 60.9. The van der Waals surface area contributed by atoms with Crippen LogP contribution in [0.4, 0.5) is 22.0 Å². The summed E-state index contributed by atoms with van der Waals surface area (Å²) in [5, 5.41) is 2.37. The Bertz CT molecular complexity index is 305. The van der Waals surface area contributed by atoms with Crippen LogP contribution in [0.1, 0.15) is 64.2 Å². The molecule has 0 unspecified atom stereocenters. The Morgan fingerprint density at radius 2 is 1.41 bits per heavy atom. The highest BCUT2D eigenvalue weighted by atomic mass is 19.4. The SMILES string of the molecule is [CH2]CCCCCCCCC(=O)NCCCC(F)(F)C(F)(F)F. The Morgan fingerprint density at radius 3 is 1.95 bits per heavy atom. The first-order valence-corrected chi connectivity index (χ1v) is 7.71. The molecule has 0 saturated carbocycles. The predicted molar refractivity (Wildman–Crippen MR) is 75.5 cm³/mol. The maximum atomic E-state index is 12.6. The van der Waals surface area contributed by atoms with E-state index in [1.807, 2.05) is 0 Å². The molecular formula is C15H25F5NO. The molecule has 0 aliphatic heterocycles. The van der Waals surface area contributed by atoms with Gasteiger partial charge in [0, 0.05) is 19.4 Å². The molecule has 0 aromatic rings. The van der Waals surface area contributed by atoms with Crippen LogP contribution < -0.4 is 5.32 Å². The minimum atomic E-state index is -5.52. The molecule has 0 saturated heterocycles.